The highest BCUT2D eigenvalue weighted by atomic mass is 35.5. The van der Waals surface area contributed by atoms with Crippen LogP contribution in [0.3, 0.4) is 0 Å². The summed E-state index contributed by atoms with van der Waals surface area (Å²) in [4.78, 5) is 15.0. The second kappa shape index (κ2) is 8.04. The van der Waals surface area contributed by atoms with Crippen molar-refractivity contribution in [2.24, 2.45) is 0 Å². The Hall–Kier alpha value is -1.84. The van der Waals surface area contributed by atoms with Crippen LogP contribution in [0, 0.1) is 0 Å². The van der Waals surface area contributed by atoms with Crippen LogP contribution in [0.15, 0.2) is 42.5 Å². The summed E-state index contributed by atoms with van der Waals surface area (Å²) < 4.78 is 0. The van der Waals surface area contributed by atoms with Crippen LogP contribution in [0.1, 0.15) is 50.7 Å². The summed E-state index contributed by atoms with van der Waals surface area (Å²) in [6.45, 7) is 6.33. The number of amides is 1. The summed E-state index contributed by atoms with van der Waals surface area (Å²) in [7, 11) is 0. The Kier molecular flexibility index (Phi) is 5.92. The number of nitrogens with zero attached hydrogens (tertiary/aromatic N) is 1. The number of hydrogen-bond acceptors (Lipinski definition) is 1. The van der Waals surface area contributed by atoms with Gasteiger partial charge in [-0.2, -0.15) is 0 Å². The molecule has 2 aromatic carbocycles. The maximum absolute atomic E-state index is 12.9. The first-order valence-corrected chi connectivity index (χ1v) is 9.91. The summed E-state index contributed by atoms with van der Waals surface area (Å²) in [6, 6.07) is 13.0. The van der Waals surface area contributed by atoms with Crippen molar-refractivity contribution < 1.29 is 22.5 Å². The average Bonchev–Trinajstić information content (AvgIpc) is 2.90. The van der Waals surface area contributed by atoms with Gasteiger partial charge in [0.25, 0.3) is 5.91 Å². The van der Waals surface area contributed by atoms with Crippen molar-refractivity contribution >= 4 is 22.4 Å². The molecule has 3 nitrogen and oxygen atoms in total. The summed E-state index contributed by atoms with van der Waals surface area (Å²) in [5.74, 6) is 0.176. The van der Waals surface area contributed by atoms with E-state index in [2.05, 4.69) is 55.6 Å². The average molecular weight is 385 g/mol. The van der Waals surface area contributed by atoms with Gasteiger partial charge in [0.2, 0.25) is 0 Å². The monoisotopic (exact) mass is 384 g/mol. The molecule has 27 heavy (non-hydrogen) atoms. The molecule has 0 unspecified atom stereocenters. The molecular formula is C23H29ClN2O. The van der Waals surface area contributed by atoms with Gasteiger partial charge in [0, 0.05) is 25.1 Å². The van der Waals surface area contributed by atoms with Gasteiger partial charge in [-0.1, -0.05) is 43.2 Å². The molecule has 1 amide bonds. The van der Waals surface area contributed by atoms with Gasteiger partial charge in [-0.15, -0.1) is 0 Å². The highest BCUT2D eigenvalue weighted by Crippen LogP contribution is 2.31. The van der Waals surface area contributed by atoms with Crippen molar-refractivity contribution in [2.75, 3.05) is 13.1 Å². The molecule has 0 atom stereocenters. The zero-order valence-electron chi connectivity index (χ0n) is 16.3. The van der Waals surface area contributed by atoms with Crippen LogP contribution in [-0.4, -0.2) is 29.4 Å². The molecular weight excluding hydrogens is 356 g/mol. The number of benzene rings is 2. The van der Waals surface area contributed by atoms with Crippen LogP contribution in [-0.2, 0) is 11.2 Å². The number of quaternary nitrogens is 1. The lowest BCUT2D eigenvalue weighted by Crippen LogP contribution is -3.00. The van der Waals surface area contributed by atoms with Gasteiger partial charge in [-0.05, 0) is 49.1 Å². The fraction of sp³-hybridized carbons (Fsp3) is 0.435. The molecule has 0 bridgehead atoms. The summed E-state index contributed by atoms with van der Waals surface area (Å²) in [5.41, 5.74) is 3.76. The molecule has 2 heterocycles. The van der Waals surface area contributed by atoms with Gasteiger partial charge in [0.05, 0.1) is 11.6 Å². The van der Waals surface area contributed by atoms with Gasteiger partial charge in [0.1, 0.15) is 5.70 Å². The van der Waals surface area contributed by atoms with Crippen LogP contribution in [0.4, 0.5) is 0 Å². The number of likely N-dealkylation sites (tertiary alicyclic amines) is 1. The predicted molar refractivity (Wildman–Crippen MR) is 107 cm³/mol. The molecule has 0 radical (unpaired) electrons. The number of rotatable bonds is 1. The van der Waals surface area contributed by atoms with Crippen molar-refractivity contribution in [1.29, 1.82) is 0 Å². The highest BCUT2D eigenvalue weighted by Gasteiger charge is 2.34. The summed E-state index contributed by atoms with van der Waals surface area (Å²) in [5, 5.41) is 4.89. The molecule has 0 aromatic heterocycles. The Morgan fingerprint density at radius 2 is 1.74 bits per heavy atom. The van der Waals surface area contributed by atoms with E-state index in [1.165, 1.54) is 34.7 Å². The molecule has 2 aliphatic heterocycles. The van der Waals surface area contributed by atoms with Gasteiger partial charge < -0.3 is 22.6 Å². The van der Waals surface area contributed by atoms with Crippen molar-refractivity contribution in [3.8, 4) is 0 Å². The Morgan fingerprint density at radius 1 is 1.04 bits per heavy atom. The third-order valence-corrected chi connectivity index (χ3v) is 5.73. The number of halogens is 1. The first-order valence-electron chi connectivity index (χ1n) is 9.91. The third-order valence-electron chi connectivity index (χ3n) is 5.73. The highest BCUT2D eigenvalue weighted by molar-refractivity contribution is 5.96. The molecule has 0 saturated carbocycles. The van der Waals surface area contributed by atoms with Crippen molar-refractivity contribution in [2.45, 2.75) is 51.5 Å². The van der Waals surface area contributed by atoms with Crippen LogP contribution in [0.2, 0.25) is 0 Å². The Labute approximate surface area is 168 Å². The fourth-order valence-corrected chi connectivity index (χ4v) is 4.44. The van der Waals surface area contributed by atoms with E-state index in [0.717, 1.165) is 38.0 Å². The maximum Gasteiger partial charge on any atom is 0.252 e. The van der Waals surface area contributed by atoms with E-state index in [4.69, 9.17) is 0 Å². The minimum Gasteiger partial charge on any atom is -1.00 e. The smallest absolute Gasteiger partial charge is 0.252 e. The van der Waals surface area contributed by atoms with Gasteiger partial charge >= 0.3 is 0 Å². The van der Waals surface area contributed by atoms with Crippen LogP contribution < -0.4 is 17.7 Å². The molecule has 144 valence electrons. The molecule has 4 rings (SSSR count). The van der Waals surface area contributed by atoms with E-state index in [9.17, 15) is 4.79 Å². The third kappa shape index (κ3) is 4.20. The lowest BCUT2D eigenvalue weighted by molar-refractivity contribution is -0.641. The number of fused-ring (bicyclic) bond motifs is 3. The fourth-order valence-electron chi connectivity index (χ4n) is 4.44. The molecule has 1 saturated heterocycles. The molecule has 0 spiro atoms. The Balaban J connectivity index is 0.00000210. The zero-order valence-corrected chi connectivity index (χ0v) is 17.1. The molecule has 0 aliphatic carbocycles. The van der Waals surface area contributed by atoms with Crippen LogP contribution in [0.5, 0.6) is 0 Å². The lowest BCUT2D eigenvalue weighted by Gasteiger charge is -2.32. The second-order valence-electron chi connectivity index (χ2n) is 8.46. The van der Waals surface area contributed by atoms with E-state index < -0.39 is 0 Å². The van der Waals surface area contributed by atoms with Crippen molar-refractivity contribution in [3.63, 3.8) is 0 Å². The molecule has 1 fully saturated rings. The number of nitrogens with two attached hydrogens (primary N) is 1. The Morgan fingerprint density at radius 3 is 2.48 bits per heavy atom. The van der Waals surface area contributed by atoms with E-state index in [1.807, 2.05) is 11.0 Å². The number of carbonyl (C=O) groups excluding carboxylic acids is 1. The van der Waals surface area contributed by atoms with Crippen molar-refractivity contribution in [1.82, 2.24) is 4.90 Å². The molecule has 4 heteroatoms. The molecule has 2 N–H and O–H groups in total. The Bertz CT molecular complexity index is 864. The van der Waals surface area contributed by atoms with Gasteiger partial charge in [-0.25, -0.2) is 0 Å². The first kappa shape index (κ1) is 19.9. The zero-order chi connectivity index (χ0) is 18.1. The van der Waals surface area contributed by atoms with Crippen molar-refractivity contribution in [3.05, 3.63) is 53.6 Å². The van der Waals surface area contributed by atoms with Crippen LogP contribution >= 0.6 is 0 Å². The summed E-state index contributed by atoms with van der Waals surface area (Å²) in [6.07, 6.45) is 7.65. The standard InChI is InChI=1S/C23H28N2O.ClH/c1-23(2)16-20-18-10-6-5-9-17(18)11-12-19(20)21(24-23)15-22(26)25-13-7-3-4-8-14-25;/h5-6,9-12,15,24H,3-4,7-8,13-14,16H2,1-2H3;1H. The second-order valence-corrected chi connectivity index (χ2v) is 8.46. The van der Waals surface area contributed by atoms with Gasteiger partial charge in [0.15, 0.2) is 0 Å². The van der Waals surface area contributed by atoms with E-state index in [-0.39, 0.29) is 23.9 Å². The minimum absolute atomic E-state index is 0. The van der Waals surface area contributed by atoms with E-state index >= 15 is 0 Å². The number of hydrogen-bond donors (Lipinski definition) is 1. The summed E-state index contributed by atoms with van der Waals surface area (Å²) >= 11 is 0. The quantitative estimate of drug-likeness (QED) is 0.714. The first-order chi connectivity index (χ1) is 12.5. The predicted octanol–water partition coefficient (Wildman–Crippen LogP) is 0.485. The van der Waals surface area contributed by atoms with Crippen LogP contribution in [0.25, 0.3) is 16.5 Å². The maximum atomic E-state index is 12.9. The molecule has 2 aliphatic rings. The topological polar surface area (TPSA) is 36.9 Å². The van der Waals surface area contributed by atoms with E-state index in [0.29, 0.717) is 0 Å². The largest absolute Gasteiger partial charge is 1.00 e. The van der Waals surface area contributed by atoms with E-state index in [1.54, 1.807) is 0 Å². The number of carbonyl (C=O) groups is 1. The SMILES string of the molecule is CC1(C)Cc2c(ccc3ccccc23)C(=CC(=O)N2CCCCCC2)[NH2+]1.[Cl-]. The lowest BCUT2D eigenvalue weighted by atomic mass is 9.83. The molecule has 2 aromatic rings. The normalized spacial score (nSPS) is 20.7. The minimum atomic E-state index is 0. The van der Waals surface area contributed by atoms with Gasteiger partial charge in [-0.3, -0.25) is 4.79 Å².